The van der Waals surface area contributed by atoms with Crippen molar-refractivity contribution in [3.63, 3.8) is 0 Å². The number of fused-ring (bicyclic) bond motifs is 3. The number of thioether (sulfide) groups is 1. The first-order chi connectivity index (χ1) is 18.2. The lowest BCUT2D eigenvalue weighted by molar-refractivity contribution is -0.137. The highest BCUT2D eigenvalue weighted by Gasteiger charge is 2.32. The first-order valence-corrected chi connectivity index (χ1v) is 13.8. The van der Waals surface area contributed by atoms with Crippen LogP contribution in [0.15, 0.2) is 63.6 Å². The van der Waals surface area contributed by atoms with E-state index in [-0.39, 0.29) is 16.9 Å². The number of thiophene rings is 1. The third kappa shape index (κ3) is 5.39. The van der Waals surface area contributed by atoms with Gasteiger partial charge in [-0.3, -0.25) is 14.2 Å². The molecule has 2 aromatic heterocycles. The van der Waals surface area contributed by atoms with Gasteiger partial charge in [0.25, 0.3) is 11.5 Å². The summed E-state index contributed by atoms with van der Waals surface area (Å²) in [5.74, 6) is -0.668. The molecule has 6 nitrogen and oxygen atoms in total. The van der Waals surface area contributed by atoms with Gasteiger partial charge in [-0.2, -0.15) is 18.3 Å². The third-order valence-electron chi connectivity index (χ3n) is 6.24. The van der Waals surface area contributed by atoms with Crippen LogP contribution in [0.4, 0.5) is 13.2 Å². The Kier molecular flexibility index (Phi) is 7.40. The van der Waals surface area contributed by atoms with Crippen LogP contribution >= 0.6 is 23.1 Å². The predicted molar refractivity (Wildman–Crippen MR) is 145 cm³/mol. The molecular formula is C27H23F3N4O2S2. The molecule has 38 heavy (non-hydrogen) atoms. The number of hydrogen-bond acceptors (Lipinski definition) is 6. The molecule has 4 aromatic rings. The van der Waals surface area contributed by atoms with E-state index in [1.54, 1.807) is 0 Å². The molecule has 0 spiro atoms. The average molecular weight is 557 g/mol. The topological polar surface area (TPSA) is 76.3 Å². The van der Waals surface area contributed by atoms with Gasteiger partial charge in [-0.1, -0.05) is 47.7 Å². The fourth-order valence-electron chi connectivity index (χ4n) is 4.41. The monoisotopic (exact) mass is 556 g/mol. The van der Waals surface area contributed by atoms with Crippen molar-refractivity contribution in [2.75, 3.05) is 5.75 Å². The highest BCUT2D eigenvalue weighted by atomic mass is 32.2. The molecule has 0 aliphatic heterocycles. The Hall–Kier alpha value is -3.44. The molecule has 1 amide bonds. The summed E-state index contributed by atoms with van der Waals surface area (Å²) in [6.45, 7) is 1.96. The number of carbonyl (C=O) groups excluding carboxylic acids is 1. The number of benzene rings is 2. The second-order valence-corrected chi connectivity index (χ2v) is 11.0. The lowest BCUT2D eigenvalue weighted by Crippen LogP contribution is -2.24. The number of nitrogens with zero attached hydrogens (tertiary/aromatic N) is 3. The van der Waals surface area contributed by atoms with Gasteiger partial charge in [-0.05, 0) is 56.4 Å². The molecule has 2 heterocycles. The van der Waals surface area contributed by atoms with Crippen LogP contribution in [0.2, 0.25) is 0 Å². The predicted octanol–water partition coefficient (Wildman–Crippen LogP) is 5.90. The first-order valence-electron chi connectivity index (χ1n) is 12.0. The molecular weight excluding hydrogens is 533 g/mol. The van der Waals surface area contributed by atoms with Crippen LogP contribution in [0.1, 0.15) is 40.0 Å². The number of carbonyl (C=O) groups is 1. The second-order valence-electron chi connectivity index (χ2n) is 8.93. The van der Waals surface area contributed by atoms with Gasteiger partial charge in [0.15, 0.2) is 5.16 Å². The summed E-state index contributed by atoms with van der Waals surface area (Å²) >= 11 is 2.61. The molecule has 0 unspecified atom stereocenters. The summed E-state index contributed by atoms with van der Waals surface area (Å²) in [4.78, 5) is 32.9. The molecule has 1 aliphatic rings. The van der Waals surface area contributed by atoms with Crippen LogP contribution in [0, 0.1) is 6.92 Å². The Labute approximate surface area is 224 Å². The summed E-state index contributed by atoms with van der Waals surface area (Å²) < 4.78 is 41.1. The molecule has 196 valence electrons. The molecule has 0 fully saturated rings. The largest absolute Gasteiger partial charge is 0.417 e. The van der Waals surface area contributed by atoms with Crippen LogP contribution in [0.3, 0.4) is 0 Å². The van der Waals surface area contributed by atoms with E-state index in [0.29, 0.717) is 21.1 Å². The van der Waals surface area contributed by atoms with Crippen molar-refractivity contribution in [2.45, 2.75) is 43.9 Å². The molecule has 1 aliphatic carbocycles. The molecule has 11 heteroatoms. The third-order valence-corrected chi connectivity index (χ3v) is 8.37. The smallest absolute Gasteiger partial charge is 0.272 e. The number of alkyl halides is 3. The van der Waals surface area contributed by atoms with Gasteiger partial charge in [-0.15, -0.1) is 11.3 Å². The van der Waals surface area contributed by atoms with E-state index < -0.39 is 17.6 Å². The van der Waals surface area contributed by atoms with Gasteiger partial charge < -0.3 is 0 Å². The minimum atomic E-state index is -4.53. The normalized spacial score (nSPS) is 13.7. The van der Waals surface area contributed by atoms with E-state index in [1.807, 2.05) is 31.2 Å². The summed E-state index contributed by atoms with van der Waals surface area (Å²) in [6, 6.07) is 12.5. The van der Waals surface area contributed by atoms with Gasteiger partial charge in [0.1, 0.15) is 4.83 Å². The second kappa shape index (κ2) is 10.7. The summed E-state index contributed by atoms with van der Waals surface area (Å²) in [5, 5.41) is 4.72. The van der Waals surface area contributed by atoms with Crippen LogP contribution in [-0.2, 0) is 23.8 Å². The van der Waals surface area contributed by atoms with Crippen molar-refractivity contribution >= 4 is 45.4 Å². The van der Waals surface area contributed by atoms with Crippen molar-refractivity contribution < 1.29 is 18.0 Å². The fourth-order valence-corrected chi connectivity index (χ4v) is 6.52. The fraction of sp³-hybridized carbons (Fsp3) is 0.259. The van der Waals surface area contributed by atoms with E-state index >= 15 is 0 Å². The molecule has 1 N–H and O–H groups in total. The molecule has 5 rings (SSSR count). The maximum atomic E-state index is 13.8. The zero-order valence-electron chi connectivity index (χ0n) is 20.3. The zero-order chi connectivity index (χ0) is 26.9. The highest BCUT2D eigenvalue weighted by Crippen LogP contribution is 2.35. The standard InChI is InChI=1S/C27H23F3N4O2S2/c1-16-10-12-18(13-11-16)34-25(36)23-19-7-3-5-9-21(19)38-24(23)32-26(34)37-15-22(35)33-31-14-17-6-2-4-8-20(17)27(28,29)30/h2,4,6,8,10-14H,3,5,7,9,15H2,1H3,(H,33,35). The van der Waals surface area contributed by atoms with Crippen molar-refractivity contribution in [1.29, 1.82) is 0 Å². The van der Waals surface area contributed by atoms with Crippen LogP contribution in [0.5, 0.6) is 0 Å². The number of aryl methyl sites for hydroxylation is 3. The van der Waals surface area contributed by atoms with Gasteiger partial charge in [0.2, 0.25) is 0 Å². The van der Waals surface area contributed by atoms with E-state index in [0.717, 1.165) is 60.9 Å². The lowest BCUT2D eigenvalue weighted by atomic mass is 9.97. The van der Waals surface area contributed by atoms with Crippen LogP contribution in [-0.4, -0.2) is 27.4 Å². The van der Waals surface area contributed by atoms with Gasteiger partial charge >= 0.3 is 6.18 Å². The SMILES string of the molecule is Cc1ccc(-n2c(SCC(=O)NN=Cc3ccccc3C(F)(F)F)nc3sc4c(c3c2=O)CCCC4)cc1. The average Bonchev–Trinajstić information content (AvgIpc) is 3.27. The molecule has 0 atom stereocenters. The number of aromatic nitrogens is 2. The maximum Gasteiger partial charge on any atom is 0.417 e. The summed E-state index contributed by atoms with van der Waals surface area (Å²) in [6.07, 6.45) is 0.335. The lowest BCUT2D eigenvalue weighted by Gasteiger charge is -2.13. The van der Waals surface area contributed by atoms with Crippen molar-refractivity contribution in [2.24, 2.45) is 5.10 Å². The van der Waals surface area contributed by atoms with E-state index in [9.17, 15) is 22.8 Å². The van der Waals surface area contributed by atoms with Crippen molar-refractivity contribution in [3.8, 4) is 5.69 Å². The number of halogens is 3. The van der Waals surface area contributed by atoms with Crippen LogP contribution in [0.25, 0.3) is 15.9 Å². The molecule has 0 radical (unpaired) electrons. The quantitative estimate of drug-likeness (QED) is 0.139. The number of rotatable bonds is 6. The number of nitrogens with one attached hydrogen (secondary N) is 1. The number of hydrogen-bond donors (Lipinski definition) is 1. The van der Waals surface area contributed by atoms with E-state index in [2.05, 4.69) is 10.5 Å². The Morgan fingerprint density at radius 3 is 2.66 bits per heavy atom. The first kappa shape index (κ1) is 26.2. The van der Waals surface area contributed by atoms with Crippen LogP contribution < -0.4 is 11.0 Å². The Morgan fingerprint density at radius 2 is 1.89 bits per heavy atom. The summed E-state index contributed by atoms with van der Waals surface area (Å²) in [5.41, 5.74) is 3.88. The Balaban J connectivity index is 1.41. The minimum Gasteiger partial charge on any atom is -0.272 e. The van der Waals surface area contributed by atoms with Gasteiger partial charge in [0.05, 0.1) is 28.6 Å². The highest BCUT2D eigenvalue weighted by molar-refractivity contribution is 7.99. The molecule has 0 saturated heterocycles. The molecule has 0 saturated carbocycles. The van der Waals surface area contributed by atoms with Gasteiger partial charge in [-0.25, -0.2) is 10.4 Å². The van der Waals surface area contributed by atoms with E-state index in [1.165, 1.54) is 39.0 Å². The Morgan fingerprint density at radius 1 is 1.16 bits per heavy atom. The number of hydrazone groups is 1. The minimum absolute atomic E-state index is 0.132. The van der Waals surface area contributed by atoms with Crippen molar-refractivity contribution in [3.05, 3.63) is 86.0 Å². The number of amides is 1. The molecule has 2 aromatic carbocycles. The zero-order valence-corrected chi connectivity index (χ0v) is 22.0. The maximum absolute atomic E-state index is 13.8. The van der Waals surface area contributed by atoms with Gasteiger partial charge in [0, 0.05) is 10.4 Å². The Bertz CT molecular complexity index is 1590. The van der Waals surface area contributed by atoms with E-state index in [4.69, 9.17) is 4.98 Å². The molecule has 0 bridgehead atoms. The summed E-state index contributed by atoms with van der Waals surface area (Å²) in [7, 11) is 0. The van der Waals surface area contributed by atoms with Crippen molar-refractivity contribution in [1.82, 2.24) is 15.0 Å².